The molecule has 2 fully saturated rings. The molecule has 0 saturated carbocycles. The lowest BCUT2D eigenvalue weighted by molar-refractivity contribution is -0.153. The van der Waals surface area contributed by atoms with Gasteiger partial charge in [-0.05, 0) is 26.3 Å². The minimum Gasteiger partial charge on any atom is -0.334 e. The van der Waals surface area contributed by atoms with Crippen molar-refractivity contribution < 1.29 is 9.59 Å². The Bertz CT molecular complexity index is 292. The molecule has 0 aromatic rings. The Labute approximate surface area is 102 Å². The molecule has 0 N–H and O–H groups in total. The van der Waals surface area contributed by atoms with Crippen molar-refractivity contribution in [3.63, 3.8) is 0 Å². The van der Waals surface area contributed by atoms with Gasteiger partial charge in [-0.25, -0.2) is 0 Å². The maximum Gasteiger partial charge on any atom is 0.312 e. The van der Waals surface area contributed by atoms with E-state index in [0.29, 0.717) is 13.1 Å². The van der Waals surface area contributed by atoms with Gasteiger partial charge in [-0.2, -0.15) is 0 Å². The van der Waals surface area contributed by atoms with E-state index in [1.807, 2.05) is 7.05 Å². The molecule has 0 atom stereocenters. The predicted molar refractivity (Wildman–Crippen MR) is 64.5 cm³/mol. The number of piperidine rings is 1. The molecule has 2 saturated heterocycles. The highest BCUT2D eigenvalue weighted by Crippen LogP contribution is 2.10. The summed E-state index contributed by atoms with van der Waals surface area (Å²) in [4.78, 5) is 29.6. The summed E-state index contributed by atoms with van der Waals surface area (Å²) in [6.07, 6.45) is 3.23. The van der Waals surface area contributed by atoms with E-state index in [1.165, 1.54) is 6.42 Å². The fraction of sp³-hybridized carbons (Fsp3) is 0.833. The molecule has 17 heavy (non-hydrogen) atoms. The Balaban J connectivity index is 1.88. The van der Waals surface area contributed by atoms with E-state index in [-0.39, 0.29) is 11.8 Å². The molecule has 2 aliphatic rings. The van der Waals surface area contributed by atoms with Crippen LogP contribution in [0.2, 0.25) is 0 Å². The highest BCUT2D eigenvalue weighted by Gasteiger charge is 2.29. The van der Waals surface area contributed by atoms with Crippen LogP contribution in [0, 0.1) is 0 Å². The number of piperazine rings is 1. The highest BCUT2D eigenvalue weighted by atomic mass is 16.2. The lowest BCUT2D eigenvalue weighted by Crippen LogP contribution is -2.53. The van der Waals surface area contributed by atoms with Gasteiger partial charge in [0.1, 0.15) is 0 Å². The molecule has 0 unspecified atom stereocenters. The molecule has 2 heterocycles. The molecule has 2 amide bonds. The van der Waals surface area contributed by atoms with Gasteiger partial charge in [-0.15, -0.1) is 0 Å². The molecular formula is C12H21N3O2. The van der Waals surface area contributed by atoms with Gasteiger partial charge in [0.25, 0.3) is 0 Å². The van der Waals surface area contributed by atoms with Crippen LogP contribution in [-0.4, -0.2) is 72.8 Å². The molecule has 0 spiro atoms. The summed E-state index contributed by atoms with van der Waals surface area (Å²) in [7, 11) is 2.04. The third-order valence-corrected chi connectivity index (χ3v) is 3.62. The second kappa shape index (κ2) is 5.49. The third kappa shape index (κ3) is 2.97. The first-order valence-corrected chi connectivity index (χ1v) is 6.45. The summed E-state index contributed by atoms with van der Waals surface area (Å²) in [5.41, 5.74) is 0. The van der Waals surface area contributed by atoms with Crippen molar-refractivity contribution in [2.75, 3.05) is 46.3 Å². The molecule has 2 aliphatic heterocycles. The van der Waals surface area contributed by atoms with Gasteiger partial charge < -0.3 is 14.7 Å². The van der Waals surface area contributed by atoms with Crippen molar-refractivity contribution in [1.82, 2.24) is 14.7 Å². The van der Waals surface area contributed by atoms with Gasteiger partial charge in [-0.1, -0.05) is 0 Å². The summed E-state index contributed by atoms with van der Waals surface area (Å²) >= 11 is 0. The molecule has 2 rings (SSSR count). The summed E-state index contributed by atoms with van der Waals surface area (Å²) in [6.45, 7) is 4.57. The first-order valence-electron chi connectivity index (χ1n) is 6.45. The lowest BCUT2D eigenvalue weighted by atomic mass is 10.1. The zero-order chi connectivity index (χ0) is 12.3. The largest absolute Gasteiger partial charge is 0.334 e. The van der Waals surface area contributed by atoms with Crippen molar-refractivity contribution in [2.24, 2.45) is 0 Å². The Kier molecular flexibility index (Phi) is 3.99. The maximum atomic E-state index is 12.0. The fourth-order valence-corrected chi connectivity index (χ4v) is 2.38. The van der Waals surface area contributed by atoms with Gasteiger partial charge in [0.05, 0.1) is 0 Å². The number of rotatable bonds is 0. The SMILES string of the molecule is CN1CCN(C(=O)C(=O)N2CCCCC2)CC1. The number of carbonyl (C=O) groups is 2. The van der Waals surface area contributed by atoms with Crippen LogP contribution in [0.1, 0.15) is 19.3 Å². The first kappa shape index (κ1) is 12.4. The Morgan fingerprint density at radius 2 is 1.18 bits per heavy atom. The number of amides is 2. The Hall–Kier alpha value is -1.10. The zero-order valence-corrected chi connectivity index (χ0v) is 10.5. The summed E-state index contributed by atoms with van der Waals surface area (Å²) in [5.74, 6) is -0.603. The molecule has 0 bridgehead atoms. The van der Waals surface area contributed by atoms with E-state index in [1.54, 1.807) is 9.80 Å². The smallest absolute Gasteiger partial charge is 0.312 e. The van der Waals surface area contributed by atoms with Crippen molar-refractivity contribution in [3.8, 4) is 0 Å². The van der Waals surface area contributed by atoms with Crippen LogP contribution < -0.4 is 0 Å². The summed E-state index contributed by atoms with van der Waals surface area (Å²) in [6, 6.07) is 0. The number of hydrogen-bond donors (Lipinski definition) is 0. The fourth-order valence-electron chi connectivity index (χ4n) is 2.38. The molecule has 0 aromatic carbocycles. The molecule has 0 radical (unpaired) electrons. The molecule has 96 valence electrons. The van der Waals surface area contributed by atoms with E-state index in [0.717, 1.165) is 39.0 Å². The quantitative estimate of drug-likeness (QED) is 0.549. The average molecular weight is 239 g/mol. The highest BCUT2D eigenvalue weighted by molar-refractivity contribution is 6.34. The van der Waals surface area contributed by atoms with Crippen molar-refractivity contribution in [2.45, 2.75) is 19.3 Å². The topological polar surface area (TPSA) is 43.9 Å². The van der Waals surface area contributed by atoms with Crippen LogP contribution in [0.15, 0.2) is 0 Å². The van der Waals surface area contributed by atoms with E-state index in [2.05, 4.69) is 4.90 Å². The van der Waals surface area contributed by atoms with Crippen LogP contribution in [0.5, 0.6) is 0 Å². The Morgan fingerprint density at radius 1 is 0.706 bits per heavy atom. The molecule has 0 aromatic heterocycles. The van der Waals surface area contributed by atoms with Crippen molar-refractivity contribution in [1.29, 1.82) is 0 Å². The monoisotopic (exact) mass is 239 g/mol. The average Bonchev–Trinajstić information content (AvgIpc) is 2.39. The van der Waals surface area contributed by atoms with Gasteiger partial charge in [0.15, 0.2) is 0 Å². The summed E-state index contributed by atoms with van der Waals surface area (Å²) in [5, 5.41) is 0. The normalized spacial score (nSPS) is 22.6. The number of likely N-dealkylation sites (N-methyl/N-ethyl adjacent to an activating group) is 1. The minimum absolute atomic E-state index is 0.297. The van der Waals surface area contributed by atoms with Crippen molar-refractivity contribution in [3.05, 3.63) is 0 Å². The maximum absolute atomic E-state index is 12.0. The number of hydrogen-bond acceptors (Lipinski definition) is 3. The molecule has 0 aliphatic carbocycles. The van der Waals surface area contributed by atoms with Crippen LogP contribution >= 0.6 is 0 Å². The zero-order valence-electron chi connectivity index (χ0n) is 10.5. The molecule has 5 heteroatoms. The standard InChI is InChI=1S/C12H21N3O2/c1-13-7-9-15(10-8-13)12(17)11(16)14-5-3-2-4-6-14/h2-10H2,1H3. The van der Waals surface area contributed by atoms with E-state index in [9.17, 15) is 9.59 Å². The second-order valence-corrected chi connectivity index (χ2v) is 4.95. The lowest BCUT2D eigenvalue weighted by Gasteiger charge is -2.34. The van der Waals surface area contributed by atoms with Gasteiger partial charge in [-0.3, -0.25) is 9.59 Å². The van der Waals surface area contributed by atoms with Gasteiger partial charge >= 0.3 is 11.8 Å². The summed E-state index contributed by atoms with van der Waals surface area (Å²) < 4.78 is 0. The van der Waals surface area contributed by atoms with Crippen LogP contribution in [0.25, 0.3) is 0 Å². The van der Waals surface area contributed by atoms with Crippen LogP contribution in [-0.2, 0) is 9.59 Å². The number of carbonyl (C=O) groups excluding carboxylic acids is 2. The first-order chi connectivity index (χ1) is 8.18. The van der Waals surface area contributed by atoms with Crippen LogP contribution in [0.4, 0.5) is 0 Å². The van der Waals surface area contributed by atoms with E-state index in [4.69, 9.17) is 0 Å². The molecular weight excluding hydrogens is 218 g/mol. The van der Waals surface area contributed by atoms with E-state index < -0.39 is 0 Å². The Morgan fingerprint density at radius 3 is 1.71 bits per heavy atom. The number of likely N-dealkylation sites (tertiary alicyclic amines) is 1. The van der Waals surface area contributed by atoms with E-state index >= 15 is 0 Å². The van der Waals surface area contributed by atoms with Crippen molar-refractivity contribution >= 4 is 11.8 Å². The van der Waals surface area contributed by atoms with Gasteiger partial charge in [0.2, 0.25) is 0 Å². The molecule has 5 nitrogen and oxygen atoms in total. The predicted octanol–water partition coefficient (Wildman–Crippen LogP) is -0.227. The second-order valence-electron chi connectivity index (χ2n) is 4.95. The minimum atomic E-state index is -0.306. The number of nitrogens with zero attached hydrogens (tertiary/aromatic N) is 3. The van der Waals surface area contributed by atoms with Gasteiger partial charge in [0, 0.05) is 39.3 Å². The third-order valence-electron chi connectivity index (χ3n) is 3.62. The van der Waals surface area contributed by atoms with Crippen LogP contribution in [0.3, 0.4) is 0 Å².